The normalized spacial score (nSPS) is 16.0. The molecule has 0 aromatic heterocycles. The molecule has 0 spiro atoms. The number of hydrogen-bond donors (Lipinski definition) is 0. The van der Waals surface area contributed by atoms with Gasteiger partial charge in [0, 0.05) is 18.7 Å². The number of piperidine rings is 1. The van der Waals surface area contributed by atoms with Crippen LogP contribution in [0.4, 0.5) is 13.2 Å². The fourth-order valence-electron chi connectivity index (χ4n) is 3.30. The molecule has 0 amide bonds. The van der Waals surface area contributed by atoms with Crippen LogP contribution in [0, 0.1) is 5.92 Å². The first-order chi connectivity index (χ1) is 15.0. The van der Waals surface area contributed by atoms with Crippen molar-refractivity contribution in [3.63, 3.8) is 0 Å². The average molecular weight is 469 g/mol. The third-order valence-electron chi connectivity index (χ3n) is 5.32. The van der Waals surface area contributed by atoms with E-state index in [0.717, 1.165) is 25.0 Å². The maximum Gasteiger partial charge on any atom is 0.416 e. The summed E-state index contributed by atoms with van der Waals surface area (Å²) in [7, 11) is -3.67. The van der Waals surface area contributed by atoms with Crippen molar-refractivity contribution in [2.45, 2.75) is 30.8 Å². The van der Waals surface area contributed by atoms with Crippen LogP contribution in [0.25, 0.3) is 0 Å². The number of esters is 1. The van der Waals surface area contributed by atoms with Gasteiger partial charge in [-0.25, -0.2) is 13.2 Å². The Bertz CT molecular complexity index is 1090. The number of carbonyl (C=O) groups is 2. The molecular weight excluding hydrogens is 447 g/mol. The highest BCUT2D eigenvalue weighted by molar-refractivity contribution is 7.89. The number of rotatable bonds is 6. The van der Waals surface area contributed by atoms with Gasteiger partial charge in [0.2, 0.25) is 10.0 Å². The molecule has 1 aliphatic rings. The Labute approximate surface area is 184 Å². The largest absolute Gasteiger partial charge is 0.454 e. The van der Waals surface area contributed by atoms with Crippen molar-refractivity contribution >= 4 is 21.8 Å². The molecule has 1 aliphatic heterocycles. The number of nitrogens with zero attached hydrogens (tertiary/aromatic N) is 1. The van der Waals surface area contributed by atoms with Gasteiger partial charge in [-0.2, -0.15) is 17.5 Å². The highest BCUT2D eigenvalue weighted by Crippen LogP contribution is 2.29. The minimum absolute atomic E-state index is 0.0214. The maximum atomic E-state index is 12.8. The molecule has 3 rings (SSSR count). The molecule has 32 heavy (non-hydrogen) atoms. The lowest BCUT2D eigenvalue weighted by Crippen LogP contribution is -2.37. The summed E-state index contributed by atoms with van der Waals surface area (Å²) in [4.78, 5) is 24.4. The first kappa shape index (κ1) is 23.9. The molecule has 0 atom stereocenters. The second-order valence-corrected chi connectivity index (χ2v) is 9.63. The Morgan fingerprint density at radius 1 is 1.03 bits per heavy atom. The van der Waals surface area contributed by atoms with Crippen LogP contribution in [0.1, 0.15) is 46.0 Å². The van der Waals surface area contributed by atoms with E-state index >= 15 is 0 Å². The number of carbonyl (C=O) groups excluding carboxylic acids is 2. The average Bonchev–Trinajstić information content (AvgIpc) is 2.77. The Morgan fingerprint density at radius 3 is 2.25 bits per heavy atom. The number of hydrogen-bond acceptors (Lipinski definition) is 5. The Morgan fingerprint density at radius 2 is 1.66 bits per heavy atom. The standard InChI is InChI=1S/C22H22F3NO5S/c1-15-9-11-26(12-10-15)32(29,30)19-7-5-16(6-8-19)21(28)31-14-20(27)17-3-2-4-18(13-17)22(23,24)25/h2-8,13,15H,9-12,14H2,1H3. The summed E-state index contributed by atoms with van der Waals surface area (Å²) in [6.45, 7) is 2.20. The molecule has 1 heterocycles. The zero-order valence-electron chi connectivity index (χ0n) is 17.3. The van der Waals surface area contributed by atoms with E-state index in [9.17, 15) is 31.2 Å². The number of ether oxygens (including phenoxy) is 1. The Kier molecular flexibility index (Phi) is 7.04. The summed E-state index contributed by atoms with van der Waals surface area (Å²) < 4.78 is 70.1. The fraction of sp³-hybridized carbons (Fsp3) is 0.364. The van der Waals surface area contributed by atoms with Gasteiger partial charge < -0.3 is 4.74 Å². The van der Waals surface area contributed by atoms with Crippen LogP contribution >= 0.6 is 0 Å². The van der Waals surface area contributed by atoms with E-state index in [1.54, 1.807) is 0 Å². The predicted octanol–water partition coefficient (Wildman–Crippen LogP) is 4.17. The van der Waals surface area contributed by atoms with E-state index in [-0.39, 0.29) is 16.0 Å². The van der Waals surface area contributed by atoms with Gasteiger partial charge >= 0.3 is 12.1 Å². The minimum Gasteiger partial charge on any atom is -0.454 e. The number of sulfonamides is 1. The van der Waals surface area contributed by atoms with Gasteiger partial charge in [-0.05, 0) is 55.2 Å². The van der Waals surface area contributed by atoms with E-state index in [1.807, 2.05) is 0 Å². The van der Waals surface area contributed by atoms with Gasteiger partial charge in [0.1, 0.15) is 0 Å². The van der Waals surface area contributed by atoms with E-state index in [2.05, 4.69) is 6.92 Å². The molecule has 2 aromatic carbocycles. The number of ketones is 1. The van der Waals surface area contributed by atoms with E-state index < -0.39 is 40.1 Å². The molecule has 0 saturated carbocycles. The van der Waals surface area contributed by atoms with Crippen molar-refractivity contribution in [3.05, 3.63) is 65.2 Å². The van der Waals surface area contributed by atoms with Crippen LogP contribution in [-0.4, -0.2) is 44.2 Å². The molecular formula is C22H22F3NO5S. The first-order valence-corrected chi connectivity index (χ1v) is 11.4. The highest BCUT2D eigenvalue weighted by Gasteiger charge is 2.31. The lowest BCUT2D eigenvalue weighted by Gasteiger charge is -2.29. The zero-order valence-corrected chi connectivity index (χ0v) is 18.1. The SMILES string of the molecule is CC1CCN(S(=O)(=O)c2ccc(C(=O)OCC(=O)c3cccc(C(F)(F)F)c3)cc2)CC1. The van der Waals surface area contributed by atoms with Crippen LogP contribution in [0.15, 0.2) is 53.4 Å². The van der Waals surface area contributed by atoms with Gasteiger partial charge in [-0.3, -0.25) is 4.79 Å². The smallest absolute Gasteiger partial charge is 0.416 e. The number of alkyl halides is 3. The van der Waals surface area contributed by atoms with Crippen molar-refractivity contribution in [3.8, 4) is 0 Å². The van der Waals surface area contributed by atoms with Gasteiger partial charge in [0.25, 0.3) is 0 Å². The van der Waals surface area contributed by atoms with Crippen LogP contribution in [-0.2, 0) is 20.9 Å². The third-order valence-corrected chi connectivity index (χ3v) is 7.23. The molecule has 0 radical (unpaired) electrons. The predicted molar refractivity (Wildman–Crippen MR) is 110 cm³/mol. The Balaban J connectivity index is 1.62. The first-order valence-electron chi connectivity index (χ1n) is 9.96. The molecule has 6 nitrogen and oxygen atoms in total. The van der Waals surface area contributed by atoms with Crippen molar-refractivity contribution in [2.75, 3.05) is 19.7 Å². The summed E-state index contributed by atoms with van der Waals surface area (Å²) in [5.41, 5.74) is -1.19. The summed E-state index contributed by atoms with van der Waals surface area (Å²) >= 11 is 0. The summed E-state index contributed by atoms with van der Waals surface area (Å²) in [6.07, 6.45) is -3.03. The second kappa shape index (κ2) is 9.41. The van der Waals surface area contributed by atoms with Crippen molar-refractivity contribution in [1.82, 2.24) is 4.31 Å². The van der Waals surface area contributed by atoms with Crippen LogP contribution < -0.4 is 0 Å². The molecule has 2 aromatic rings. The van der Waals surface area contributed by atoms with Gasteiger partial charge in [0.05, 0.1) is 16.0 Å². The summed E-state index contributed by atoms with van der Waals surface area (Å²) in [5.74, 6) is -1.21. The lowest BCUT2D eigenvalue weighted by molar-refractivity contribution is -0.137. The van der Waals surface area contributed by atoms with Crippen molar-refractivity contribution in [1.29, 1.82) is 0 Å². The monoisotopic (exact) mass is 469 g/mol. The van der Waals surface area contributed by atoms with E-state index in [4.69, 9.17) is 4.74 Å². The van der Waals surface area contributed by atoms with E-state index in [1.165, 1.54) is 34.6 Å². The maximum absolute atomic E-state index is 12.8. The molecule has 10 heteroatoms. The van der Waals surface area contributed by atoms with Crippen molar-refractivity contribution < 1.29 is 35.9 Å². The van der Waals surface area contributed by atoms with Crippen LogP contribution in [0.3, 0.4) is 0 Å². The van der Waals surface area contributed by atoms with E-state index in [0.29, 0.717) is 25.1 Å². The molecule has 0 bridgehead atoms. The molecule has 1 saturated heterocycles. The quantitative estimate of drug-likeness (QED) is 0.469. The number of Topliss-reactive ketones (excluding diaryl/α,β-unsaturated/α-hetero) is 1. The second-order valence-electron chi connectivity index (χ2n) is 7.69. The third kappa shape index (κ3) is 5.55. The topological polar surface area (TPSA) is 80.8 Å². The summed E-state index contributed by atoms with van der Waals surface area (Å²) in [6, 6.07) is 8.96. The van der Waals surface area contributed by atoms with Crippen LogP contribution in [0.2, 0.25) is 0 Å². The highest BCUT2D eigenvalue weighted by atomic mass is 32.2. The molecule has 172 valence electrons. The fourth-order valence-corrected chi connectivity index (χ4v) is 4.77. The molecule has 0 aliphatic carbocycles. The number of halogens is 3. The lowest BCUT2D eigenvalue weighted by atomic mass is 10.0. The van der Waals surface area contributed by atoms with Crippen molar-refractivity contribution in [2.24, 2.45) is 5.92 Å². The molecule has 1 fully saturated rings. The van der Waals surface area contributed by atoms with Crippen LogP contribution in [0.5, 0.6) is 0 Å². The van der Waals surface area contributed by atoms with Gasteiger partial charge in [-0.1, -0.05) is 19.1 Å². The zero-order chi connectivity index (χ0) is 23.5. The van der Waals surface area contributed by atoms with Gasteiger partial charge in [-0.15, -0.1) is 0 Å². The minimum atomic E-state index is -4.60. The van der Waals surface area contributed by atoms with Gasteiger partial charge in [0.15, 0.2) is 12.4 Å². The number of benzene rings is 2. The summed E-state index contributed by atoms with van der Waals surface area (Å²) in [5, 5.41) is 0. The molecule has 0 N–H and O–H groups in total. The Hall–Kier alpha value is -2.72. The molecule has 0 unspecified atom stereocenters.